The van der Waals surface area contributed by atoms with Crippen LogP contribution in [0.2, 0.25) is 0 Å². The van der Waals surface area contributed by atoms with Crippen LogP contribution < -0.4 is 10.5 Å². The molecule has 0 bridgehead atoms. The highest BCUT2D eigenvalue weighted by molar-refractivity contribution is 7.92. The van der Waals surface area contributed by atoms with Gasteiger partial charge in [-0.25, -0.2) is 55.9 Å². The normalized spacial score (nSPS) is 15.0. The van der Waals surface area contributed by atoms with Gasteiger partial charge in [0.05, 0.1) is 16.0 Å². The van der Waals surface area contributed by atoms with Gasteiger partial charge in [0, 0.05) is 73.4 Å². The molecule has 0 amide bonds. The summed E-state index contributed by atoms with van der Waals surface area (Å²) in [5.41, 5.74) is 8.00. The molecule has 0 spiro atoms. The zero-order chi connectivity index (χ0) is 48.4. The zero-order valence-electron chi connectivity index (χ0n) is 34.4. The molecule has 0 aliphatic carbocycles. The average molecular weight is 930 g/mol. The number of hydrogen-bond acceptors (Lipinski definition) is 13. The van der Waals surface area contributed by atoms with Crippen molar-refractivity contribution in [1.29, 1.82) is 0 Å². The first-order valence-corrected chi connectivity index (χ1v) is 20.6. The van der Waals surface area contributed by atoms with E-state index in [-0.39, 0.29) is 16.6 Å². The number of likely N-dealkylation sites (tertiary alicyclic amines) is 2. The van der Waals surface area contributed by atoms with Gasteiger partial charge in [0.2, 0.25) is 0 Å². The molecule has 2 fully saturated rings. The van der Waals surface area contributed by atoms with Crippen molar-refractivity contribution in [2.24, 2.45) is 0 Å². The molecule has 9 N–H and O–H groups in total. The number of aromatic nitrogens is 3. The highest BCUT2D eigenvalue weighted by atomic mass is 32.2. The lowest BCUT2D eigenvalue weighted by Crippen LogP contribution is -2.47. The van der Waals surface area contributed by atoms with E-state index < -0.39 is 57.5 Å². The molecule has 0 radical (unpaired) electrons. The van der Waals surface area contributed by atoms with Gasteiger partial charge < -0.3 is 50.7 Å². The fraction of sp³-hybridized carbons (Fsp3) is 0.268. The van der Waals surface area contributed by atoms with Gasteiger partial charge in [0.15, 0.2) is 0 Å². The van der Waals surface area contributed by atoms with Crippen LogP contribution in [0.5, 0.6) is 0 Å². The van der Waals surface area contributed by atoms with Crippen molar-refractivity contribution in [2.45, 2.75) is 42.7 Å². The minimum absolute atomic E-state index is 0.169. The summed E-state index contributed by atoms with van der Waals surface area (Å²) in [6, 6.07) is 9.45. The van der Waals surface area contributed by atoms with Crippen LogP contribution in [0.1, 0.15) is 31.7 Å². The number of nitrogens with one attached hydrogen (secondary N) is 1. The number of halogens is 2. The number of benzene rings is 2. The first-order valence-electron chi connectivity index (χ1n) is 19.1. The van der Waals surface area contributed by atoms with E-state index in [0.29, 0.717) is 70.5 Å². The van der Waals surface area contributed by atoms with E-state index in [0.717, 1.165) is 63.3 Å². The molecular weight excluding hydrogens is 885 g/mol. The predicted octanol–water partition coefficient (Wildman–Crippen LogP) is 3.63. The molecule has 0 unspecified atom stereocenters. The first-order chi connectivity index (χ1) is 30.6. The van der Waals surface area contributed by atoms with Crippen LogP contribution in [0.3, 0.4) is 0 Å². The fourth-order valence-electron chi connectivity index (χ4n) is 6.51. The van der Waals surface area contributed by atoms with Crippen molar-refractivity contribution in [2.75, 3.05) is 43.7 Å². The Bertz CT molecular complexity index is 2420. The lowest BCUT2D eigenvalue weighted by Gasteiger charge is -2.41. The second-order valence-corrected chi connectivity index (χ2v) is 15.7. The molecule has 0 saturated carbocycles. The van der Waals surface area contributed by atoms with E-state index in [9.17, 15) is 41.6 Å². The van der Waals surface area contributed by atoms with Gasteiger partial charge in [-0.3, -0.25) is 4.72 Å². The third kappa shape index (κ3) is 16.9. The molecule has 21 nitrogen and oxygen atoms in total. The Balaban J connectivity index is 0.000000383. The Morgan fingerprint density at radius 1 is 0.692 bits per heavy atom. The maximum absolute atomic E-state index is 15.3. The summed E-state index contributed by atoms with van der Waals surface area (Å²) in [5.74, 6) is -8.56. The number of fused-ring (bicyclic) bond motifs is 1. The standard InChI is InChI=1S/C29H33F2N7O2S.3C4H4O4/c1-36-12-8-21(9-13-36)37-14-10-22(11-15-37)38-17-24(27-28(32)33-18-34-29(27)38)19-2-7-26(25(31)16-19)35-41(39,40)23-5-3-20(30)4-6-23;3*5-3(6)1-2-4(7)8/h2-7,16-18,21-22,35H,8-15H2,1H3,(H2,32,33,34);3*1-2H,(H,5,6)(H,7,8)/b;3*2-1-. The summed E-state index contributed by atoms with van der Waals surface area (Å²) < 4.78 is 58.3. The van der Waals surface area contributed by atoms with Crippen LogP contribution in [0.4, 0.5) is 20.3 Å². The van der Waals surface area contributed by atoms with E-state index in [1.807, 2.05) is 6.20 Å². The molecule has 6 rings (SSSR count). The van der Waals surface area contributed by atoms with Crippen molar-refractivity contribution < 1.29 is 76.6 Å². The van der Waals surface area contributed by atoms with Crippen molar-refractivity contribution >= 4 is 68.4 Å². The van der Waals surface area contributed by atoms with Gasteiger partial charge in [0.1, 0.15) is 29.4 Å². The molecule has 2 aliphatic heterocycles. The van der Waals surface area contributed by atoms with Crippen molar-refractivity contribution in [3.05, 3.63) is 103 Å². The van der Waals surface area contributed by atoms with E-state index in [4.69, 9.17) is 36.4 Å². The third-order valence-corrected chi connectivity index (χ3v) is 10.9. The monoisotopic (exact) mass is 929 g/mol. The fourth-order valence-corrected chi connectivity index (χ4v) is 7.57. The predicted molar refractivity (Wildman–Crippen MR) is 228 cm³/mol. The summed E-state index contributed by atoms with van der Waals surface area (Å²) in [5, 5.41) is 47.5. The lowest BCUT2D eigenvalue weighted by atomic mass is 9.98. The summed E-state index contributed by atoms with van der Waals surface area (Å²) in [6.45, 7) is 4.28. The number of nitrogens with zero attached hydrogens (tertiary/aromatic N) is 5. The zero-order valence-corrected chi connectivity index (χ0v) is 35.2. The topological polar surface area (TPSA) is 333 Å². The largest absolute Gasteiger partial charge is 0.478 e. The van der Waals surface area contributed by atoms with E-state index in [2.05, 4.69) is 36.1 Å². The number of sulfonamides is 1. The quantitative estimate of drug-likeness (QED) is 0.0940. The molecule has 2 saturated heterocycles. The number of carboxylic acid groups (broad SMARTS) is 6. The van der Waals surface area contributed by atoms with Crippen molar-refractivity contribution in [1.82, 2.24) is 24.3 Å². The SMILES string of the molecule is CN1CCC(N2CCC(n3cc(-c4ccc(NS(=O)(=O)c5ccc(F)cc5)c(F)c4)c4c(N)ncnc43)CC2)CC1.O=C(O)/C=C\C(=O)O.O=C(O)/C=C\C(=O)O.O=C(O)/C=C\C(=O)O. The summed E-state index contributed by atoms with van der Waals surface area (Å²) >= 11 is 0. The number of anilines is 2. The molecule has 65 heavy (non-hydrogen) atoms. The summed E-state index contributed by atoms with van der Waals surface area (Å²) in [7, 11) is -1.93. The van der Waals surface area contributed by atoms with Crippen LogP contribution in [-0.4, -0.2) is 138 Å². The second-order valence-electron chi connectivity index (χ2n) is 14.0. The molecule has 0 atom stereocenters. The first kappa shape index (κ1) is 51.8. The Morgan fingerprint density at radius 3 is 1.60 bits per heavy atom. The van der Waals surface area contributed by atoms with E-state index >= 15 is 4.39 Å². The van der Waals surface area contributed by atoms with Crippen LogP contribution in [0, 0.1) is 11.6 Å². The Hall–Kier alpha value is -7.57. The van der Waals surface area contributed by atoms with Gasteiger partial charge in [-0.1, -0.05) is 6.07 Å². The number of hydrogen-bond donors (Lipinski definition) is 8. The number of aliphatic carboxylic acids is 6. The molecule has 2 aliphatic rings. The molecular formula is C41H45F2N7O14S. The maximum Gasteiger partial charge on any atom is 0.328 e. The molecule has 348 valence electrons. The number of piperidine rings is 2. The van der Waals surface area contributed by atoms with Gasteiger partial charge >= 0.3 is 35.8 Å². The molecule has 4 heterocycles. The van der Waals surface area contributed by atoms with Crippen LogP contribution >= 0.6 is 0 Å². The highest BCUT2D eigenvalue weighted by Gasteiger charge is 2.30. The Labute approximate surface area is 369 Å². The summed E-state index contributed by atoms with van der Waals surface area (Å²) in [4.78, 5) is 70.9. The maximum atomic E-state index is 15.3. The van der Waals surface area contributed by atoms with Crippen LogP contribution in [0.25, 0.3) is 22.2 Å². The second kappa shape index (κ2) is 24.3. The van der Waals surface area contributed by atoms with Crippen LogP contribution in [0.15, 0.2) is 96.3 Å². The third-order valence-electron chi connectivity index (χ3n) is 9.49. The average Bonchev–Trinajstić information content (AvgIpc) is 3.64. The van der Waals surface area contributed by atoms with E-state index in [1.54, 1.807) is 6.07 Å². The van der Waals surface area contributed by atoms with Crippen LogP contribution in [-0.2, 0) is 38.8 Å². The number of carbonyl (C=O) groups is 6. The highest BCUT2D eigenvalue weighted by Crippen LogP contribution is 2.38. The van der Waals surface area contributed by atoms with E-state index in [1.165, 1.54) is 31.3 Å². The van der Waals surface area contributed by atoms with Gasteiger partial charge in [0.25, 0.3) is 10.0 Å². The number of rotatable bonds is 12. The van der Waals surface area contributed by atoms with Gasteiger partial charge in [-0.15, -0.1) is 0 Å². The van der Waals surface area contributed by atoms with Crippen molar-refractivity contribution in [3.63, 3.8) is 0 Å². The molecule has 24 heteroatoms. The minimum Gasteiger partial charge on any atom is -0.478 e. The molecule has 2 aromatic carbocycles. The minimum atomic E-state index is -4.10. The lowest BCUT2D eigenvalue weighted by molar-refractivity contribution is -0.134. The number of nitrogens with two attached hydrogens (primary N) is 1. The smallest absolute Gasteiger partial charge is 0.328 e. The number of nitrogen functional groups attached to an aromatic ring is 1. The number of carboxylic acids is 6. The molecule has 4 aromatic rings. The van der Waals surface area contributed by atoms with Gasteiger partial charge in [-0.05, 0) is 87.8 Å². The Kier molecular flexibility index (Phi) is 19.4. The Morgan fingerprint density at radius 2 is 1.15 bits per heavy atom. The van der Waals surface area contributed by atoms with Gasteiger partial charge in [-0.2, -0.15) is 0 Å². The van der Waals surface area contributed by atoms with Crippen molar-refractivity contribution in [3.8, 4) is 11.1 Å². The molecule has 2 aromatic heterocycles. The summed E-state index contributed by atoms with van der Waals surface area (Å²) in [6.07, 6.45) is 11.1.